The van der Waals surface area contributed by atoms with Crippen molar-refractivity contribution in [1.82, 2.24) is 5.32 Å². The summed E-state index contributed by atoms with van der Waals surface area (Å²) in [5, 5.41) is 3.05. The summed E-state index contributed by atoms with van der Waals surface area (Å²) >= 11 is 19.7. The third-order valence-corrected chi connectivity index (χ3v) is 11.9. The van der Waals surface area contributed by atoms with Crippen LogP contribution in [-0.4, -0.2) is 39.7 Å². The molecule has 0 saturated heterocycles. The normalized spacial score (nSPS) is 37.4. The zero-order valence-electron chi connectivity index (χ0n) is 23.4. The van der Waals surface area contributed by atoms with E-state index in [1.54, 1.807) is 5.57 Å². The van der Waals surface area contributed by atoms with Crippen LogP contribution in [0.5, 0.6) is 0 Å². The van der Waals surface area contributed by atoms with Crippen LogP contribution in [0.15, 0.2) is 11.6 Å². The van der Waals surface area contributed by atoms with Crippen LogP contribution in [-0.2, 0) is 9.47 Å². The van der Waals surface area contributed by atoms with E-state index >= 15 is 0 Å². The lowest BCUT2D eigenvalue weighted by Crippen LogP contribution is -2.52. The number of halogens is 4. The van der Waals surface area contributed by atoms with Gasteiger partial charge in [-0.05, 0) is 110 Å². The summed E-state index contributed by atoms with van der Waals surface area (Å²) in [5.74, 6) is 2.66. The second-order valence-electron chi connectivity index (χ2n) is 13.0. The van der Waals surface area contributed by atoms with E-state index in [0.717, 1.165) is 31.3 Å². The molecule has 38 heavy (non-hydrogen) atoms. The molecule has 4 aliphatic rings. The second kappa shape index (κ2) is 13.3. The highest BCUT2D eigenvalue weighted by molar-refractivity contribution is 14.1. The van der Waals surface area contributed by atoms with E-state index in [4.69, 9.17) is 44.3 Å². The third-order valence-electron chi connectivity index (χ3n) is 10.8. The van der Waals surface area contributed by atoms with Crippen LogP contribution >= 0.6 is 57.4 Å². The van der Waals surface area contributed by atoms with Crippen LogP contribution in [0, 0.1) is 34.5 Å². The fourth-order valence-electron chi connectivity index (χ4n) is 8.91. The Labute approximate surface area is 259 Å². The van der Waals surface area contributed by atoms with Gasteiger partial charge in [-0.25, -0.2) is 4.79 Å². The maximum Gasteiger partial charge on any atom is 0.407 e. The molecule has 0 aromatic heterocycles. The molecule has 3 saturated carbocycles. The highest BCUT2D eigenvalue weighted by Crippen LogP contribution is 2.66. The smallest absolute Gasteiger partial charge is 0.407 e. The van der Waals surface area contributed by atoms with Crippen LogP contribution < -0.4 is 5.32 Å². The molecular formula is C30H47Cl3INO3. The number of hydrogen-bond donors (Lipinski definition) is 1. The predicted octanol–water partition coefficient (Wildman–Crippen LogP) is 9.43. The zero-order valence-corrected chi connectivity index (χ0v) is 27.8. The van der Waals surface area contributed by atoms with Gasteiger partial charge >= 0.3 is 6.09 Å². The molecule has 4 rings (SSSR count). The Kier molecular flexibility index (Phi) is 11.0. The predicted molar refractivity (Wildman–Crippen MR) is 167 cm³/mol. The van der Waals surface area contributed by atoms with Gasteiger partial charge in [0.15, 0.2) is 0 Å². The molecule has 0 heterocycles. The Morgan fingerprint density at radius 1 is 1.11 bits per heavy atom. The van der Waals surface area contributed by atoms with Crippen molar-refractivity contribution in [3.05, 3.63) is 11.6 Å². The van der Waals surface area contributed by atoms with Crippen LogP contribution in [0.2, 0.25) is 0 Å². The van der Waals surface area contributed by atoms with E-state index in [-0.39, 0.29) is 18.1 Å². The maximum atomic E-state index is 12.4. The number of ether oxygens (including phenoxy) is 2. The van der Waals surface area contributed by atoms with Gasteiger partial charge in [-0.3, -0.25) is 0 Å². The van der Waals surface area contributed by atoms with Crippen molar-refractivity contribution in [2.75, 3.05) is 17.6 Å². The largest absolute Gasteiger partial charge is 0.445 e. The number of allylic oxidation sites excluding steroid dienone is 1. The molecule has 1 N–H and O–H groups in total. The lowest BCUT2D eigenvalue weighted by molar-refractivity contribution is -0.0609. The number of amides is 1. The van der Waals surface area contributed by atoms with Gasteiger partial charge < -0.3 is 14.8 Å². The minimum absolute atomic E-state index is 0.0314. The molecule has 0 bridgehead atoms. The number of alkyl halides is 4. The van der Waals surface area contributed by atoms with Crippen LogP contribution in [0.1, 0.15) is 97.8 Å². The van der Waals surface area contributed by atoms with Crippen LogP contribution in [0.3, 0.4) is 0 Å². The van der Waals surface area contributed by atoms with E-state index in [0.29, 0.717) is 23.4 Å². The number of carbonyl (C=O) groups excluding carboxylic acids is 1. The Balaban J connectivity index is 1.34. The van der Waals surface area contributed by atoms with Gasteiger partial charge in [-0.15, -0.1) is 0 Å². The van der Waals surface area contributed by atoms with Gasteiger partial charge in [0.2, 0.25) is 3.79 Å². The number of hydrogen-bond acceptors (Lipinski definition) is 3. The monoisotopic (exact) mass is 701 g/mol. The van der Waals surface area contributed by atoms with Crippen molar-refractivity contribution in [3.63, 3.8) is 0 Å². The zero-order chi connectivity index (χ0) is 27.6. The first-order valence-corrected chi connectivity index (χ1v) is 17.5. The van der Waals surface area contributed by atoms with Crippen LogP contribution in [0.25, 0.3) is 0 Å². The number of alkyl carbamates (subject to hydrolysis) is 1. The average molecular weight is 703 g/mol. The molecule has 0 aromatic carbocycles. The molecule has 0 aromatic rings. The number of nitrogens with one attached hydrogen (secondary N) is 1. The number of carbonyl (C=O) groups is 1. The van der Waals surface area contributed by atoms with E-state index in [9.17, 15) is 4.79 Å². The van der Waals surface area contributed by atoms with Gasteiger partial charge in [0, 0.05) is 12.6 Å². The first-order valence-electron chi connectivity index (χ1n) is 14.8. The van der Waals surface area contributed by atoms with Gasteiger partial charge in [0.05, 0.1) is 6.10 Å². The van der Waals surface area contributed by atoms with E-state index < -0.39 is 9.89 Å². The third kappa shape index (κ3) is 7.13. The molecule has 0 spiro atoms. The Morgan fingerprint density at radius 2 is 1.87 bits per heavy atom. The molecule has 0 aliphatic heterocycles. The lowest BCUT2D eigenvalue weighted by atomic mass is 9.47. The average Bonchev–Trinajstić information content (AvgIpc) is 3.22. The van der Waals surface area contributed by atoms with Crippen molar-refractivity contribution in [1.29, 1.82) is 0 Å². The summed E-state index contributed by atoms with van der Waals surface area (Å²) < 4.78 is 11.2. The van der Waals surface area contributed by atoms with Crippen molar-refractivity contribution >= 4 is 63.5 Å². The molecular weight excluding hydrogens is 656 g/mol. The Hall–Kier alpha value is 0.570. The topological polar surface area (TPSA) is 47.6 Å². The molecule has 3 unspecified atom stereocenters. The van der Waals surface area contributed by atoms with Crippen molar-refractivity contribution < 1.29 is 14.3 Å². The number of rotatable bonds is 10. The molecule has 1 amide bonds. The molecule has 4 nitrogen and oxygen atoms in total. The quantitative estimate of drug-likeness (QED) is 0.107. The maximum absolute atomic E-state index is 12.4. The summed E-state index contributed by atoms with van der Waals surface area (Å²) in [6.45, 7) is 7.85. The fourth-order valence-corrected chi connectivity index (χ4v) is 9.61. The van der Waals surface area contributed by atoms with Gasteiger partial charge in [0.25, 0.3) is 0 Å². The summed E-state index contributed by atoms with van der Waals surface area (Å²) in [7, 11) is 0. The fraction of sp³-hybridized carbons (Fsp3) is 0.900. The van der Waals surface area contributed by atoms with Crippen molar-refractivity contribution in [3.8, 4) is 0 Å². The number of unbranched alkanes of at least 4 members (excludes halogenated alkanes) is 3. The lowest BCUT2D eigenvalue weighted by Gasteiger charge is -2.58. The van der Waals surface area contributed by atoms with E-state index in [2.05, 4.69) is 54.8 Å². The summed E-state index contributed by atoms with van der Waals surface area (Å²) in [4.78, 5) is 12.4. The minimum atomic E-state index is -1.59. The summed E-state index contributed by atoms with van der Waals surface area (Å²) in [6, 6.07) is 0.0314. The van der Waals surface area contributed by atoms with Crippen molar-refractivity contribution in [2.45, 2.75) is 114 Å². The van der Waals surface area contributed by atoms with Crippen LogP contribution in [0.4, 0.5) is 4.79 Å². The Morgan fingerprint density at radius 3 is 2.61 bits per heavy atom. The highest BCUT2D eigenvalue weighted by Gasteiger charge is 2.59. The van der Waals surface area contributed by atoms with Gasteiger partial charge in [-0.2, -0.15) is 0 Å². The SMILES string of the molecule is C[C@@H](NC(=O)OCC(Cl)(Cl)Cl)[C@H]1CCC2C3CC=C4C[C@@H](OCCCCCCI)CC[C@]4(C)C3CC[C@@]21C. The molecule has 4 aliphatic carbocycles. The molecule has 8 heteroatoms. The number of fused-ring (bicyclic) bond motifs is 5. The molecule has 8 atom stereocenters. The van der Waals surface area contributed by atoms with Gasteiger partial charge in [-0.1, -0.05) is 95.7 Å². The van der Waals surface area contributed by atoms with Crippen molar-refractivity contribution in [2.24, 2.45) is 34.5 Å². The highest BCUT2D eigenvalue weighted by atomic mass is 127. The Bertz CT molecular complexity index is 851. The first-order chi connectivity index (χ1) is 18.0. The second-order valence-corrected chi connectivity index (χ2v) is 16.5. The standard InChI is InChI=1S/C30H47Cl3INO3/c1-20(35-27(36)38-19-30(31,32)33)24-10-11-25-23-9-8-21-18-22(37-17-7-5-4-6-16-34)12-14-28(21,2)26(23)13-15-29(24,25)3/h8,20,22-26H,4-7,9-19H2,1-3H3,(H,35,36)/t20-,22+,23?,24-,25?,26?,28+,29-/m1/s1. The van der Waals surface area contributed by atoms with E-state index in [1.165, 1.54) is 68.6 Å². The molecule has 3 fully saturated rings. The molecule has 218 valence electrons. The minimum Gasteiger partial charge on any atom is -0.445 e. The van der Waals surface area contributed by atoms with E-state index in [1.807, 2.05) is 0 Å². The summed E-state index contributed by atoms with van der Waals surface area (Å²) in [6.07, 6.45) is 17.4. The molecule has 0 radical (unpaired) electrons. The summed E-state index contributed by atoms with van der Waals surface area (Å²) in [5.41, 5.74) is 2.25. The first kappa shape index (κ1) is 31.5. The van der Waals surface area contributed by atoms with Gasteiger partial charge in [0.1, 0.15) is 6.61 Å².